The van der Waals surface area contributed by atoms with Gasteiger partial charge in [-0.15, -0.1) is 0 Å². The summed E-state index contributed by atoms with van der Waals surface area (Å²) in [6.07, 6.45) is 2.80. The van der Waals surface area contributed by atoms with Gasteiger partial charge in [-0.05, 0) is 29.8 Å². The predicted octanol–water partition coefficient (Wildman–Crippen LogP) is 1.43. The second-order valence-electron chi connectivity index (χ2n) is 3.83. The molecule has 0 aliphatic heterocycles. The molecule has 6 heteroatoms. The fraction of sp³-hybridized carbons (Fsp3) is 0.0769. The highest BCUT2D eigenvalue weighted by molar-refractivity contribution is 7.89. The Kier molecular flexibility index (Phi) is 3.90. The molecule has 5 nitrogen and oxygen atoms in total. The van der Waals surface area contributed by atoms with Gasteiger partial charge in [-0.2, -0.15) is 5.26 Å². The van der Waals surface area contributed by atoms with Gasteiger partial charge >= 0.3 is 0 Å². The van der Waals surface area contributed by atoms with Gasteiger partial charge in [-0.1, -0.05) is 12.1 Å². The van der Waals surface area contributed by atoms with E-state index in [0.29, 0.717) is 5.56 Å². The standard InChI is InChI=1S/C13H11N3O2S/c14-8-11-3-1-4-12(7-11)9-16-19(17,18)13-5-2-6-15-10-13/h1-7,10,16H,9H2. The third-order valence-corrected chi connectivity index (χ3v) is 3.85. The van der Waals surface area contributed by atoms with E-state index in [-0.39, 0.29) is 11.4 Å². The Morgan fingerprint density at radius 2 is 2.11 bits per heavy atom. The largest absolute Gasteiger partial charge is 0.263 e. The minimum absolute atomic E-state index is 0.117. The molecular formula is C13H11N3O2S. The Bertz CT molecular complexity index is 706. The number of hydrogen-bond donors (Lipinski definition) is 1. The number of pyridine rings is 1. The summed E-state index contributed by atoms with van der Waals surface area (Å²) in [5.41, 5.74) is 1.23. The van der Waals surface area contributed by atoms with E-state index >= 15 is 0 Å². The Hall–Kier alpha value is -2.23. The summed E-state index contributed by atoms with van der Waals surface area (Å²) >= 11 is 0. The summed E-state index contributed by atoms with van der Waals surface area (Å²) in [7, 11) is -3.57. The maximum atomic E-state index is 11.9. The lowest BCUT2D eigenvalue weighted by Crippen LogP contribution is -2.23. The average molecular weight is 273 g/mol. The molecule has 0 saturated carbocycles. The van der Waals surface area contributed by atoms with Gasteiger partial charge in [0.1, 0.15) is 4.90 Å². The van der Waals surface area contributed by atoms with Gasteiger partial charge < -0.3 is 0 Å². The fourth-order valence-corrected chi connectivity index (χ4v) is 2.50. The van der Waals surface area contributed by atoms with Gasteiger partial charge in [0.15, 0.2) is 0 Å². The van der Waals surface area contributed by atoms with Crippen LogP contribution in [0.2, 0.25) is 0 Å². The van der Waals surface area contributed by atoms with Crippen LogP contribution >= 0.6 is 0 Å². The summed E-state index contributed by atoms with van der Waals surface area (Å²) in [6.45, 7) is 0.132. The molecule has 96 valence electrons. The first-order chi connectivity index (χ1) is 9.12. The molecule has 0 aliphatic carbocycles. The minimum Gasteiger partial charge on any atom is -0.263 e. The molecule has 0 unspecified atom stereocenters. The molecule has 0 radical (unpaired) electrons. The SMILES string of the molecule is N#Cc1cccc(CNS(=O)(=O)c2cccnc2)c1. The molecule has 0 fully saturated rings. The molecule has 1 aromatic carbocycles. The second kappa shape index (κ2) is 5.61. The third kappa shape index (κ3) is 3.37. The van der Waals surface area contributed by atoms with Crippen molar-refractivity contribution in [2.45, 2.75) is 11.4 Å². The van der Waals surface area contributed by atoms with Crippen molar-refractivity contribution in [3.8, 4) is 6.07 Å². The zero-order valence-corrected chi connectivity index (χ0v) is 10.8. The maximum absolute atomic E-state index is 11.9. The first-order valence-corrected chi connectivity index (χ1v) is 6.99. The molecule has 1 heterocycles. The van der Waals surface area contributed by atoms with Crippen molar-refractivity contribution in [1.29, 1.82) is 5.26 Å². The van der Waals surface area contributed by atoms with E-state index in [2.05, 4.69) is 9.71 Å². The minimum atomic E-state index is -3.57. The number of rotatable bonds is 4. The van der Waals surface area contributed by atoms with Gasteiger partial charge in [0.05, 0.1) is 11.6 Å². The molecule has 2 rings (SSSR count). The van der Waals surface area contributed by atoms with Crippen LogP contribution in [0.25, 0.3) is 0 Å². The van der Waals surface area contributed by atoms with Crippen LogP contribution in [0.5, 0.6) is 0 Å². The van der Waals surface area contributed by atoms with E-state index < -0.39 is 10.0 Å². The van der Waals surface area contributed by atoms with E-state index in [0.717, 1.165) is 5.56 Å². The van der Waals surface area contributed by atoms with Crippen LogP contribution in [0, 0.1) is 11.3 Å². The predicted molar refractivity (Wildman–Crippen MR) is 69.4 cm³/mol. The molecule has 0 amide bonds. The molecule has 0 saturated heterocycles. The number of hydrogen-bond acceptors (Lipinski definition) is 4. The highest BCUT2D eigenvalue weighted by Gasteiger charge is 2.13. The van der Waals surface area contributed by atoms with Crippen LogP contribution in [-0.4, -0.2) is 13.4 Å². The monoisotopic (exact) mass is 273 g/mol. The molecule has 0 bridgehead atoms. The number of sulfonamides is 1. The van der Waals surface area contributed by atoms with Crippen molar-refractivity contribution in [3.05, 3.63) is 59.9 Å². The van der Waals surface area contributed by atoms with Crippen molar-refractivity contribution >= 4 is 10.0 Å². The lowest BCUT2D eigenvalue weighted by atomic mass is 10.1. The highest BCUT2D eigenvalue weighted by atomic mass is 32.2. The molecule has 0 aliphatic rings. The zero-order valence-electron chi connectivity index (χ0n) is 9.95. The van der Waals surface area contributed by atoms with Crippen LogP contribution in [0.15, 0.2) is 53.7 Å². The van der Waals surface area contributed by atoms with Crippen molar-refractivity contribution < 1.29 is 8.42 Å². The Balaban J connectivity index is 2.12. The molecule has 1 aromatic heterocycles. The van der Waals surface area contributed by atoms with Crippen molar-refractivity contribution in [1.82, 2.24) is 9.71 Å². The molecule has 1 N–H and O–H groups in total. The van der Waals surface area contributed by atoms with E-state index in [1.165, 1.54) is 18.5 Å². The number of nitrogens with zero attached hydrogens (tertiary/aromatic N) is 2. The van der Waals surface area contributed by atoms with Crippen molar-refractivity contribution in [2.75, 3.05) is 0 Å². The summed E-state index contributed by atoms with van der Waals surface area (Å²) in [4.78, 5) is 3.89. The number of nitrogens with one attached hydrogen (secondary N) is 1. The maximum Gasteiger partial charge on any atom is 0.242 e. The Morgan fingerprint density at radius 1 is 1.26 bits per heavy atom. The van der Waals surface area contributed by atoms with Crippen LogP contribution in [0.4, 0.5) is 0 Å². The summed E-state index contributed by atoms with van der Waals surface area (Å²) in [6, 6.07) is 11.8. The molecular weight excluding hydrogens is 262 g/mol. The Morgan fingerprint density at radius 3 is 2.79 bits per heavy atom. The van der Waals surface area contributed by atoms with Gasteiger partial charge in [-0.25, -0.2) is 13.1 Å². The topological polar surface area (TPSA) is 82.9 Å². The molecule has 2 aromatic rings. The summed E-state index contributed by atoms with van der Waals surface area (Å²) in [5.74, 6) is 0. The molecule has 19 heavy (non-hydrogen) atoms. The fourth-order valence-electron chi connectivity index (χ4n) is 1.52. The Labute approximate surface area is 111 Å². The first-order valence-electron chi connectivity index (χ1n) is 5.50. The second-order valence-corrected chi connectivity index (χ2v) is 5.59. The van der Waals surface area contributed by atoms with Gasteiger partial charge in [0, 0.05) is 18.9 Å². The number of aromatic nitrogens is 1. The van der Waals surface area contributed by atoms with E-state index in [4.69, 9.17) is 5.26 Å². The summed E-state index contributed by atoms with van der Waals surface area (Å²) < 4.78 is 26.4. The summed E-state index contributed by atoms with van der Waals surface area (Å²) in [5, 5.41) is 8.77. The van der Waals surface area contributed by atoms with Crippen molar-refractivity contribution in [2.24, 2.45) is 0 Å². The number of nitriles is 1. The first kappa shape index (κ1) is 13.2. The normalized spacial score (nSPS) is 10.9. The third-order valence-electron chi connectivity index (χ3n) is 2.47. The van der Waals surface area contributed by atoms with E-state index in [9.17, 15) is 8.42 Å². The smallest absolute Gasteiger partial charge is 0.242 e. The van der Waals surface area contributed by atoms with Crippen molar-refractivity contribution in [3.63, 3.8) is 0 Å². The quantitative estimate of drug-likeness (QED) is 0.913. The molecule has 0 spiro atoms. The van der Waals surface area contributed by atoms with Gasteiger partial charge in [0.25, 0.3) is 0 Å². The zero-order chi connectivity index (χ0) is 13.7. The van der Waals surface area contributed by atoms with Crippen LogP contribution in [0.1, 0.15) is 11.1 Å². The van der Waals surface area contributed by atoms with Gasteiger partial charge in [-0.3, -0.25) is 4.98 Å². The van der Waals surface area contributed by atoms with Gasteiger partial charge in [0.2, 0.25) is 10.0 Å². The van der Waals surface area contributed by atoms with Crippen LogP contribution in [-0.2, 0) is 16.6 Å². The van der Waals surface area contributed by atoms with Crippen LogP contribution < -0.4 is 4.72 Å². The number of benzene rings is 1. The van der Waals surface area contributed by atoms with E-state index in [1.54, 1.807) is 30.3 Å². The lowest BCUT2D eigenvalue weighted by Gasteiger charge is -2.06. The van der Waals surface area contributed by atoms with Crippen LogP contribution in [0.3, 0.4) is 0 Å². The lowest BCUT2D eigenvalue weighted by molar-refractivity contribution is 0.581. The molecule has 0 atom stereocenters. The van der Waals surface area contributed by atoms with E-state index in [1.807, 2.05) is 6.07 Å². The highest BCUT2D eigenvalue weighted by Crippen LogP contribution is 2.08. The average Bonchev–Trinajstić information content (AvgIpc) is 2.46.